The topological polar surface area (TPSA) is 142 Å². The van der Waals surface area contributed by atoms with Gasteiger partial charge in [0.15, 0.2) is 12.1 Å². The molecule has 2 aliphatic rings. The van der Waals surface area contributed by atoms with Gasteiger partial charge in [0, 0.05) is 28.2 Å². The highest BCUT2D eigenvalue weighted by atomic mass is 79.9. The molecule has 0 spiro atoms. The van der Waals surface area contributed by atoms with Crippen LogP contribution in [0.4, 0.5) is 22.0 Å². The van der Waals surface area contributed by atoms with Crippen LogP contribution in [0.2, 0.25) is 0 Å². The summed E-state index contributed by atoms with van der Waals surface area (Å²) >= 11 is 3.25. The highest BCUT2D eigenvalue weighted by molar-refractivity contribution is 9.10. The molecular weight excluding hydrogens is 709 g/mol. The standard InChI is InChI=1S/C31H34BrF2N3O4.C2HF3O2/c1-17(2)41-26-12-5-18-13-20(4-3-19(18)14-26)27(38)29(39)36-28(31(33,34)21-6-8-22(32)9-7-21)30(40)37-24-10-11-25(37)16-23(35)15-24;3-2(4,5)1(6)7/h3-9,12-14,17,23-25,27-28,38H,10-11,15-16,35H2,1-2H3,(H,36,39);(H,6,7)/t23?,24?,25?,27-,28-;/m1./s1. The maximum absolute atomic E-state index is 16.1. The van der Waals surface area contributed by atoms with E-state index in [9.17, 15) is 27.9 Å². The molecule has 9 nitrogen and oxygen atoms in total. The summed E-state index contributed by atoms with van der Waals surface area (Å²) in [6.07, 6.45) is -4.45. The highest BCUT2D eigenvalue weighted by Gasteiger charge is 2.53. The number of piperidine rings is 1. The Morgan fingerprint density at radius 3 is 2.02 bits per heavy atom. The van der Waals surface area contributed by atoms with Crippen LogP contribution in [0.5, 0.6) is 5.75 Å². The van der Waals surface area contributed by atoms with Crippen LogP contribution in [0.25, 0.3) is 10.8 Å². The molecule has 3 aromatic rings. The Morgan fingerprint density at radius 2 is 1.48 bits per heavy atom. The van der Waals surface area contributed by atoms with Crippen molar-refractivity contribution in [3.63, 3.8) is 0 Å². The van der Waals surface area contributed by atoms with Gasteiger partial charge in [0.25, 0.3) is 11.8 Å². The van der Waals surface area contributed by atoms with Gasteiger partial charge in [-0.05, 0) is 86.2 Å². The summed E-state index contributed by atoms with van der Waals surface area (Å²) in [5.41, 5.74) is 5.94. The fraction of sp³-hybridized carbons (Fsp3) is 0.424. The van der Waals surface area contributed by atoms with Crippen LogP contribution in [-0.2, 0) is 20.3 Å². The summed E-state index contributed by atoms with van der Waals surface area (Å²) in [6, 6.07) is 12.8. The van der Waals surface area contributed by atoms with E-state index in [2.05, 4.69) is 21.2 Å². The smallest absolute Gasteiger partial charge is 0.490 e. The maximum Gasteiger partial charge on any atom is 0.490 e. The van der Waals surface area contributed by atoms with Crippen LogP contribution in [0, 0.1) is 0 Å². The van der Waals surface area contributed by atoms with Crippen molar-refractivity contribution < 1.29 is 51.3 Å². The molecule has 0 aliphatic carbocycles. The van der Waals surface area contributed by atoms with Crippen molar-refractivity contribution in [2.75, 3.05) is 0 Å². The molecule has 5 rings (SSSR count). The number of hydrogen-bond acceptors (Lipinski definition) is 6. The van der Waals surface area contributed by atoms with Gasteiger partial charge in [0.05, 0.1) is 6.10 Å². The van der Waals surface area contributed by atoms with Crippen LogP contribution in [0.3, 0.4) is 0 Å². The first kappa shape index (κ1) is 37.0. The molecule has 2 heterocycles. The normalized spacial score (nSPS) is 20.5. The van der Waals surface area contributed by atoms with Crippen LogP contribution >= 0.6 is 15.9 Å². The molecule has 2 bridgehead atoms. The van der Waals surface area contributed by atoms with E-state index in [-0.39, 0.29) is 29.8 Å². The Bertz CT molecular complexity index is 1620. The van der Waals surface area contributed by atoms with Crippen molar-refractivity contribution >= 4 is 44.5 Å². The minimum absolute atomic E-state index is 0.000277. The number of ether oxygens (including phenoxy) is 1. The minimum Gasteiger partial charge on any atom is -0.491 e. The van der Waals surface area contributed by atoms with Gasteiger partial charge in [-0.25, -0.2) is 4.79 Å². The molecule has 15 heteroatoms. The van der Waals surface area contributed by atoms with Crippen molar-refractivity contribution in [1.82, 2.24) is 10.2 Å². The molecule has 2 unspecified atom stereocenters. The number of carboxylic acids is 1. The van der Waals surface area contributed by atoms with Crippen LogP contribution in [-0.4, -0.2) is 69.3 Å². The van der Waals surface area contributed by atoms with Crippen molar-refractivity contribution in [1.29, 1.82) is 0 Å². The molecular formula is C33H35BrF5N3O6. The van der Waals surface area contributed by atoms with Crippen molar-refractivity contribution in [2.45, 2.75) is 88.0 Å². The number of carboxylic acid groups (broad SMARTS) is 1. The van der Waals surface area contributed by atoms with Crippen molar-refractivity contribution in [3.8, 4) is 5.75 Å². The lowest BCUT2D eigenvalue weighted by Gasteiger charge is -2.41. The molecule has 2 fully saturated rings. The average molecular weight is 745 g/mol. The molecule has 0 aromatic heterocycles. The van der Waals surface area contributed by atoms with Crippen molar-refractivity contribution in [3.05, 3.63) is 76.3 Å². The number of aliphatic hydroxyl groups is 1. The first-order valence-electron chi connectivity index (χ1n) is 15.1. The number of aliphatic hydroxyl groups excluding tert-OH is 1. The minimum atomic E-state index is -5.08. The molecule has 2 aliphatic heterocycles. The molecule has 0 radical (unpaired) electrons. The SMILES string of the molecule is CC(C)Oc1ccc2cc([C@@H](O)C(=O)N[C@H](C(=O)N3C4CCC3CC(N)C4)C(F)(F)c3ccc(Br)cc3)ccc2c1.O=C(O)C(F)(F)F. The monoisotopic (exact) mass is 743 g/mol. The Morgan fingerprint density at radius 1 is 0.938 bits per heavy atom. The van der Waals surface area contributed by atoms with E-state index < -0.39 is 47.6 Å². The summed E-state index contributed by atoms with van der Waals surface area (Å²) in [4.78, 5) is 37.5. The number of alkyl halides is 5. The van der Waals surface area contributed by atoms with E-state index in [1.54, 1.807) is 30.3 Å². The van der Waals surface area contributed by atoms with Gasteiger partial charge in [-0.2, -0.15) is 22.0 Å². The number of amides is 2. The first-order valence-corrected chi connectivity index (χ1v) is 15.9. The maximum atomic E-state index is 16.1. The van der Waals surface area contributed by atoms with E-state index in [1.807, 2.05) is 19.9 Å². The lowest BCUT2D eigenvalue weighted by atomic mass is 9.94. The van der Waals surface area contributed by atoms with E-state index in [4.69, 9.17) is 20.4 Å². The van der Waals surface area contributed by atoms with E-state index >= 15 is 8.78 Å². The number of benzene rings is 3. The summed E-state index contributed by atoms with van der Waals surface area (Å²) in [5.74, 6) is -7.77. The fourth-order valence-corrected chi connectivity index (χ4v) is 6.27. The summed E-state index contributed by atoms with van der Waals surface area (Å²) in [5, 5.41) is 21.9. The van der Waals surface area contributed by atoms with Gasteiger partial charge in [-0.3, -0.25) is 9.59 Å². The second-order valence-corrected chi connectivity index (χ2v) is 13.0. The average Bonchev–Trinajstić information content (AvgIpc) is 3.28. The number of carbonyl (C=O) groups is 3. The predicted octanol–water partition coefficient (Wildman–Crippen LogP) is 5.81. The highest BCUT2D eigenvalue weighted by Crippen LogP contribution is 2.40. The Balaban J connectivity index is 0.000000671. The van der Waals surface area contributed by atoms with E-state index in [0.29, 0.717) is 35.9 Å². The second-order valence-electron chi connectivity index (χ2n) is 12.1. The van der Waals surface area contributed by atoms with Crippen LogP contribution in [0.1, 0.15) is 56.8 Å². The fourth-order valence-electron chi connectivity index (χ4n) is 6.00. The number of fused-ring (bicyclic) bond motifs is 3. The lowest BCUT2D eigenvalue weighted by molar-refractivity contribution is -0.192. The molecule has 0 saturated carbocycles. The number of nitrogens with zero attached hydrogens (tertiary/aromatic N) is 1. The van der Waals surface area contributed by atoms with Gasteiger partial charge in [-0.15, -0.1) is 0 Å². The zero-order chi connectivity index (χ0) is 35.6. The predicted molar refractivity (Wildman–Crippen MR) is 169 cm³/mol. The summed E-state index contributed by atoms with van der Waals surface area (Å²) in [6.45, 7) is 3.84. The largest absolute Gasteiger partial charge is 0.491 e. The number of nitrogens with one attached hydrogen (secondary N) is 1. The van der Waals surface area contributed by atoms with Gasteiger partial charge in [0.2, 0.25) is 0 Å². The number of hydrogen-bond donors (Lipinski definition) is 4. The molecule has 48 heavy (non-hydrogen) atoms. The molecule has 5 N–H and O–H groups in total. The number of nitrogens with two attached hydrogens (primary N) is 1. The second kappa shape index (κ2) is 14.7. The van der Waals surface area contributed by atoms with Gasteiger partial charge in [-0.1, -0.05) is 46.3 Å². The number of halogens is 6. The molecule has 4 atom stereocenters. The Hall–Kier alpha value is -3.82. The molecule has 260 valence electrons. The van der Waals surface area contributed by atoms with Crippen LogP contribution in [0.15, 0.2) is 65.1 Å². The quantitative estimate of drug-likeness (QED) is 0.213. The third-order valence-corrected chi connectivity index (χ3v) is 8.69. The first-order chi connectivity index (χ1) is 22.4. The lowest BCUT2D eigenvalue weighted by Crippen LogP contribution is -2.61. The number of carbonyl (C=O) groups excluding carboxylic acids is 2. The van der Waals surface area contributed by atoms with Gasteiger partial charge >= 0.3 is 18.1 Å². The number of aliphatic carboxylic acids is 1. The molecule has 2 amide bonds. The zero-order valence-electron chi connectivity index (χ0n) is 25.9. The zero-order valence-corrected chi connectivity index (χ0v) is 27.5. The molecule has 2 saturated heterocycles. The summed E-state index contributed by atoms with van der Waals surface area (Å²) < 4.78 is 70.2. The van der Waals surface area contributed by atoms with E-state index in [0.717, 1.165) is 10.8 Å². The summed E-state index contributed by atoms with van der Waals surface area (Å²) in [7, 11) is 0. The number of rotatable bonds is 8. The Labute approximate surface area is 281 Å². The Kier molecular flexibility index (Phi) is 11.4. The van der Waals surface area contributed by atoms with Gasteiger partial charge in [0.1, 0.15) is 5.75 Å². The van der Waals surface area contributed by atoms with Gasteiger partial charge < -0.3 is 30.9 Å². The van der Waals surface area contributed by atoms with Crippen LogP contribution < -0.4 is 15.8 Å². The third-order valence-electron chi connectivity index (χ3n) is 8.16. The molecule has 3 aromatic carbocycles. The van der Waals surface area contributed by atoms with E-state index in [1.165, 1.54) is 29.2 Å². The van der Waals surface area contributed by atoms with Crippen molar-refractivity contribution in [2.24, 2.45) is 5.73 Å². The third kappa shape index (κ3) is 8.60.